The Morgan fingerprint density at radius 1 is 1.44 bits per heavy atom. The number of hydrogen-bond acceptors (Lipinski definition) is 4. The molecule has 0 fully saturated rings. The second-order valence-electron chi connectivity index (χ2n) is 3.62. The van der Waals surface area contributed by atoms with E-state index in [4.69, 9.17) is 17.3 Å². The van der Waals surface area contributed by atoms with E-state index < -0.39 is 0 Å². The van der Waals surface area contributed by atoms with Crippen molar-refractivity contribution in [3.05, 3.63) is 41.3 Å². The van der Waals surface area contributed by atoms with Crippen molar-refractivity contribution in [2.45, 2.75) is 6.92 Å². The first-order valence-electron chi connectivity index (χ1n) is 5.43. The molecule has 4 nitrogen and oxygen atoms in total. The minimum absolute atomic E-state index is 0.129. The van der Waals surface area contributed by atoms with Crippen molar-refractivity contribution in [2.75, 3.05) is 17.2 Å². The fourth-order valence-corrected chi connectivity index (χ4v) is 1.85. The van der Waals surface area contributed by atoms with Crippen LogP contribution >= 0.6 is 11.6 Å². The van der Waals surface area contributed by atoms with Crippen LogP contribution < -0.4 is 10.6 Å². The van der Waals surface area contributed by atoms with Crippen molar-refractivity contribution < 1.29 is 4.39 Å². The zero-order valence-electron chi connectivity index (χ0n) is 9.77. The summed E-state index contributed by atoms with van der Waals surface area (Å²) >= 11 is 6.04. The van der Waals surface area contributed by atoms with Gasteiger partial charge in [0, 0.05) is 12.2 Å². The van der Waals surface area contributed by atoms with Crippen molar-refractivity contribution in [3.63, 3.8) is 0 Å². The molecule has 0 saturated carbocycles. The molecule has 1 heterocycles. The summed E-state index contributed by atoms with van der Waals surface area (Å²) in [5.74, 6) is 0.283. The molecule has 0 aliphatic rings. The molecule has 0 unspecified atom stereocenters. The third kappa shape index (κ3) is 2.51. The highest BCUT2D eigenvalue weighted by Crippen LogP contribution is 2.29. The van der Waals surface area contributed by atoms with Gasteiger partial charge >= 0.3 is 0 Å². The summed E-state index contributed by atoms with van der Waals surface area (Å²) in [5, 5.41) is 0.371. The van der Waals surface area contributed by atoms with Crippen LogP contribution in [0.1, 0.15) is 6.92 Å². The van der Waals surface area contributed by atoms with Crippen molar-refractivity contribution in [3.8, 4) is 0 Å². The van der Waals surface area contributed by atoms with Crippen LogP contribution in [0.2, 0.25) is 5.02 Å². The van der Waals surface area contributed by atoms with E-state index in [1.807, 2.05) is 6.92 Å². The number of anilines is 3. The van der Waals surface area contributed by atoms with E-state index in [9.17, 15) is 4.39 Å². The summed E-state index contributed by atoms with van der Waals surface area (Å²) < 4.78 is 13.2. The van der Waals surface area contributed by atoms with Gasteiger partial charge in [0.25, 0.3) is 0 Å². The molecule has 0 amide bonds. The molecule has 1 aromatic carbocycles. The molecule has 1 aromatic heterocycles. The van der Waals surface area contributed by atoms with Crippen LogP contribution in [0.15, 0.2) is 30.5 Å². The average Bonchev–Trinajstić information content (AvgIpc) is 2.35. The molecule has 2 rings (SSSR count). The predicted molar refractivity (Wildman–Crippen MR) is 70.5 cm³/mol. The number of nitrogens with zero attached hydrogens (tertiary/aromatic N) is 3. The number of nitrogens with two attached hydrogens (primary N) is 1. The maximum atomic E-state index is 13.2. The van der Waals surface area contributed by atoms with Crippen LogP contribution in [-0.2, 0) is 0 Å². The summed E-state index contributed by atoms with van der Waals surface area (Å²) in [4.78, 5) is 9.66. The SMILES string of the molecule is CCN(c1cccc(F)c1)c1nc(N)ncc1Cl. The molecule has 6 heteroatoms. The topological polar surface area (TPSA) is 55.0 Å². The predicted octanol–water partition coefficient (Wildman–Crippen LogP) is 3.01. The van der Waals surface area contributed by atoms with E-state index >= 15 is 0 Å². The lowest BCUT2D eigenvalue weighted by Gasteiger charge is -2.23. The Bertz CT molecular complexity index is 562. The molecule has 0 aliphatic heterocycles. The second kappa shape index (κ2) is 5.18. The lowest BCUT2D eigenvalue weighted by Crippen LogP contribution is -2.18. The highest BCUT2D eigenvalue weighted by Gasteiger charge is 2.14. The maximum Gasteiger partial charge on any atom is 0.222 e. The third-order valence-electron chi connectivity index (χ3n) is 2.44. The van der Waals surface area contributed by atoms with Crippen LogP contribution in [0, 0.1) is 5.82 Å². The lowest BCUT2D eigenvalue weighted by molar-refractivity contribution is 0.627. The van der Waals surface area contributed by atoms with Crippen molar-refractivity contribution in [1.29, 1.82) is 0 Å². The van der Waals surface area contributed by atoms with Crippen LogP contribution in [0.25, 0.3) is 0 Å². The van der Waals surface area contributed by atoms with E-state index in [2.05, 4.69) is 9.97 Å². The Labute approximate surface area is 109 Å². The summed E-state index contributed by atoms with van der Waals surface area (Å²) in [6.45, 7) is 2.50. The molecule has 0 aliphatic carbocycles. The van der Waals surface area contributed by atoms with E-state index in [1.165, 1.54) is 18.3 Å². The summed E-state index contributed by atoms with van der Waals surface area (Å²) in [7, 11) is 0. The second-order valence-corrected chi connectivity index (χ2v) is 4.03. The lowest BCUT2D eigenvalue weighted by atomic mass is 10.2. The van der Waals surface area contributed by atoms with Gasteiger partial charge in [-0.3, -0.25) is 0 Å². The molecule has 0 radical (unpaired) electrons. The largest absolute Gasteiger partial charge is 0.368 e. The molecule has 2 aromatic rings. The first-order valence-corrected chi connectivity index (χ1v) is 5.80. The molecular weight excluding hydrogens is 255 g/mol. The van der Waals surface area contributed by atoms with Gasteiger partial charge in [-0.15, -0.1) is 0 Å². The summed E-state index contributed by atoms with van der Waals surface area (Å²) in [6.07, 6.45) is 1.43. The number of benzene rings is 1. The van der Waals surface area contributed by atoms with E-state index in [-0.39, 0.29) is 11.8 Å². The summed E-state index contributed by atoms with van der Waals surface area (Å²) in [5.41, 5.74) is 6.21. The van der Waals surface area contributed by atoms with E-state index in [0.29, 0.717) is 23.1 Å². The monoisotopic (exact) mass is 266 g/mol. The van der Waals surface area contributed by atoms with Gasteiger partial charge in [-0.25, -0.2) is 9.37 Å². The average molecular weight is 267 g/mol. The van der Waals surface area contributed by atoms with Crippen molar-refractivity contribution in [1.82, 2.24) is 9.97 Å². The Balaban J connectivity index is 2.48. The minimum Gasteiger partial charge on any atom is -0.368 e. The van der Waals surface area contributed by atoms with Gasteiger partial charge in [0.1, 0.15) is 10.8 Å². The Kier molecular flexibility index (Phi) is 3.62. The van der Waals surface area contributed by atoms with Gasteiger partial charge in [-0.05, 0) is 25.1 Å². The van der Waals surface area contributed by atoms with Gasteiger partial charge in [0.05, 0.1) is 6.20 Å². The van der Waals surface area contributed by atoms with Gasteiger partial charge in [-0.2, -0.15) is 4.98 Å². The first-order chi connectivity index (χ1) is 8.61. The number of rotatable bonds is 3. The van der Waals surface area contributed by atoms with E-state index in [1.54, 1.807) is 17.0 Å². The van der Waals surface area contributed by atoms with Crippen LogP contribution in [0.3, 0.4) is 0 Å². The molecule has 0 atom stereocenters. The highest BCUT2D eigenvalue weighted by molar-refractivity contribution is 6.33. The summed E-state index contributed by atoms with van der Waals surface area (Å²) in [6, 6.07) is 6.21. The zero-order valence-corrected chi connectivity index (χ0v) is 10.5. The number of nitrogen functional groups attached to an aromatic ring is 1. The fourth-order valence-electron chi connectivity index (χ4n) is 1.66. The maximum absolute atomic E-state index is 13.2. The number of halogens is 2. The minimum atomic E-state index is -0.316. The third-order valence-corrected chi connectivity index (χ3v) is 2.70. The standard InChI is InChI=1S/C12H12ClFN4/c1-2-18(9-5-3-4-8(14)6-9)11-10(13)7-16-12(15)17-11/h3-7H,2H2,1H3,(H2,15,16,17). The first kappa shape index (κ1) is 12.6. The zero-order chi connectivity index (χ0) is 13.1. The van der Waals surface area contributed by atoms with E-state index in [0.717, 1.165) is 0 Å². The molecule has 18 heavy (non-hydrogen) atoms. The Morgan fingerprint density at radius 2 is 2.22 bits per heavy atom. The smallest absolute Gasteiger partial charge is 0.222 e. The van der Waals surface area contributed by atoms with Crippen molar-refractivity contribution >= 4 is 29.1 Å². The number of hydrogen-bond donors (Lipinski definition) is 1. The Morgan fingerprint density at radius 3 is 2.89 bits per heavy atom. The molecule has 0 spiro atoms. The quantitative estimate of drug-likeness (QED) is 0.928. The van der Waals surface area contributed by atoms with Gasteiger partial charge in [0.15, 0.2) is 5.82 Å². The van der Waals surface area contributed by atoms with Gasteiger partial charge in [-0.1, -0.05) is 17.7 Å². The van der Waals surface area contributed by atoms with Crippen LogP contribution in [0.4, 0.5) is 21.8 Å². The van der Waals surface area contributed by atoms with Crippen LogP contribution in [-0.4, -0.2) is 16.5 Å². The molecular formula is C12H12ClFN4. The van der Waals surface area contributed by atoms with Crippen molar-refractivity contribution in [2.24, 2.45) is 0 Å². The molecule has 94 valence electrons. The highest BCUT2D eigenvalue weighted by atomic mass is 35.5. The van der Waals surface area contributed by atoms with Gasteiger partial charge < -0.3 is 10.6 Å². The molecule has 0 saturated heterocycles. The fraction of sp³-hybridized carbons (Fsp3) is 0.167. The molecule has 2 N–H and O–H groups in total. The van der Waals surface area contributed by atoms with Crippen LogP contribution in [0.5, 0.6) is 0 Å². The Hall–Kier alpha value is -1.88. The normalized spacial score (nSPS) is 10.4. The van der Waals surface area contributed by atoms with Gasteiger partial charge in [0.2, 0.25) is 5.95 Å². The number of aromatic nitrogens is 2. The molecule has 0 bridgehead atoms.